The average molecular weight is 342 g/mol. The van der Waals surface area contributed by atoms with Crippen molar-refractivity contribution in [2.45, 2.75) is 38.3 Å². The maximum absolute atomic E-state index is 12.6. The number of rotatable bonds is 6. The van der Waals surface area contributed by atoms with E-state index >= 15 is 0 Å². The number of halogens is 1. The molecular weight excluding hydrogens is 322 g/mol. The number of methoxy groups -OCH3 is 1. The van der Waals surface area contributed by atoms with Crippen LogP contribution in [0.2, 0.25) is 5.02 Å². The molecule has 1 aromatic carbocycles. The zero-order chi connectivity index (χ0) is 17.0. The summed E-state index contributed by atoms with van der Waals surface area (Å²) in [7, 11) is 1.39. The maximum Gasteiger partial charge on any atom is 0.288 e. The van der Waals surface area contributed by atoms with Gasteiger partial charge in [0.25, 0.3) is 11.6 Å². The Morgan fingerprint density at radius 1 is 1.61 bits per heavy atom. The number of benzene rings is 1. The second-order valence-electron chi connectivity index (χ2n) is 5.45. The van der Waals surface area contributed by atoms with Gasteiger partial charge in [0.05, 0.1) is 17.6 Å². The predicted octanol–water partition coefficient (Wildman–Crippen LogP) is 2.52. The van der Waals surface area contributed by atoms with Gasteiger partial charge in [0.2, 0.25) is 0 Å². The predicted molar refractivity (Wildman–Crippen MR) is 87.2 cm³/mol. The Balaban J connectivity index is 2.26. The number of hydrogen-bond acceptors (Lipinski definition) is 5. The Bertz CT molecular complexity index is 603. The first-order valence-electron chi connectivity index (χ1n) is 7.54. The minimum atomic E-state index is -0.617. The van der Waals surface area contributed by atoms with Crippen molar-refractivity contribution >= 4 is 23.2 Å². The average Bonchev–Trinajstić information content (AvgIpc) is 3.05. The smallest absolute Gasteiger partial charge is 0.288 e. The summed E-state index contributed by atoms with van der Waals surface area (Å²) in [5.74, 6) is -0.186. The van der Waals surface area contributed by atoms with E-state index in [9.17, 15) is 14.9 Å². The molecule has 7 nitrogen and oxygen atoms in total. The lowest BCUT2D eigenvalue weighted by Crippen LogP contribution is -2.47. The molecule has 1 fully saturated rings. The highest BCUT2D eigenvalue weighted by molar-refractivity contribution is 6.33. The highest BCUT2D eigenvalue weighted by Gasteiger charge is 2.27. The molecule has 23 heavy (non-hydrogen) atoms. The fourth-order valence-electron chi connectivity index (χ4n) is 2.82. The van der Waals surface area contributed by atoms with Crippen molar-refractivity contribution in [3.63, 3.8) is 0 Å². The van der Waals surface area contributed by atoms with E-state index < -0.39 is 10.8 Å². The number of amides is 1. The molecule has 2 unspecified atom stereocenters. The lowest BCUT2D eigenvalue weighted by molar-refractivity contribution is -0.384. The van der Waals surface area contributed by atoms with Crippen molar-refractivity contribution in [3.05, 3.63) is 32.8 Å². The zero-order valence-electron chi connectivity index (χ0n) is 13.1. The number of carbonyl (C=O) groups is 1. The van der Waals surface area contributed by atoms with Gasteiger partial charge < -0.3 is 15.4 Å². The Labute approximate surface area is 139 Å². The number of ether oxygens (including phenoxy) is 1. The van der Waals surface area contributed by atoms with Gasteiger partial charge in [-0.3, -0.25) is 14.9 Å². The van der Waals surface area contributed by atoms with Crippen LogP contribution in [0, 0.1) is 10.1 Å². The SMILES string of the molecule is CCC(NC(=O)c1cc([N+](=O)[O-])c(Cl)cc1OC)C1CCCN1. The van der Waals surface area contributed by atoms with Crippen molar-refractivity contribution < 1.29 is 14.5 Å². The Kier molecular flexibility index (Phi) is 5.79. The third kappa shape index (κ3) is 3.92. The van der Waals surface area contributed by atoms with Crippen LogP contribution in [0.15, 0.2) is 12.1 Å². The van der Waals surface area contributed by atoms with Gasteiger partial charge in [-0.25, -0.2) is 0 Å². The van der Waals surface area contributed by atoms with Crippen molar-refractivity contribution in [1.29, 1.82) is 0 Å². The molecular formula is C15H20ClN3O4. The van der Waals surface area contributed by atoms with E-state index in [0.717, 1.165) is 31.9 Å². The molecule has 0 radical (unpaired) electrons. The fraction of sp³-hybridized carbons (Fsp3) is 0.533. The molecule has 0 aromatic heterocycles. The highest BCUT2D eigenvalue weighted by atomic mass is 35.5. The van der Waals surface area contributed by atoms with Gasteiger partial charge in [-0.05, 0) is 25.8 Å². The zero-order valence-corrected chi connectivity index (χ0v) is 13.9. The normalized spacial score (nSPS) is 18.5. The van der Waals surface area contributed by atoms with Crippen LogP contribution in [0.1, 0.15) is 36.5 Å². The van der Waals surface area contributed by atoms with Gasteiger partial charge in [-0.2, -0.15) is 0 Å². The number of nitro groups is 1. The molecule has 0 spiro atoms. The van der Waals surface area contributed by atoms with Crippen LogP contribution in [0.5, 0.6) is 5.75 Å². The van der Waals surface area contributed by atoms with E-state index in [-0.39, 0.29) is 34.1 Å². The lowest BCUT2D eigenvalue weighted by atomic mass is 10.0. The summed E-state index contributed by atoms with van der Waals surface area (Å²) in [6, 6.07) is 2.64. The molecule has 2 rings (SSSR count). The van der Waals surface area contributed by atoms with E-state index in [1.165, 1.54) is 13.2 Å². The maximum atomic E-state index is 12.6. The minimum absolute atomic E-state index is 0.0376. The number of nitrogens with one attached hydrogen (secondary N) is 2. The van der Waals surface area contributed by atoms with E-state index in [2.05, 4.69) is 10.6 Å². The quantitative estimate of drug-likeness (QED) is 0.612. The van der Waals surface area contributed by atoms with Crippen LogP contribution in [-0.2, 0) is 0 Å². The number of hydrogen-bond donors (Lipinski definition) is 2. The summed E-state index contributed by atoms with van der Waals surface area (Å²) >= 11 is 5.85. The van der Waals surface area contributed by atoms with Crippen molar-refractivity contribution in [2.24, 2.45) is 0 Å². The van der Waals surface area contributed by atoms with E-state index in [1.54, 1.807) is 0 Å². The third-order valence-corrected chi connectivity index (χ3v) is 4.35. The largest absolute Gasteiger partial charge is 0.496 e. The molecule has 8 heteroatoms. The topological polar surface area (TPSA) is 93.5 Å². The molecule has 2 atom stereocenters. The van der Waals surface area contributed by atoms with E-state index in [4.69, 9.17) is 16.3 Å². The molecule has 1 aliphatic rings. The molecule has 2 N–H and O–H groups in total. The second kappa shape index (κ2) is 7.61. The molecule has 1 aromatic rings. The van der Waals surface area contributed by atoms with Crippen LogP contribution < -0.4 is 15.4 Å². The summed E-state index contributed by atoms with van der Waals surface area (Å²) in [4.78, 5) is 23.0. The summed E-state index contributed by atoms with van der Waals surface area (Å²) in [6.45, 7) is 2.93. The number of carbonyl (C=O) groups excluding carboxylic acids is 1. The van der Waals surface area contributed by atoms with Crippen molar-refractivity contribution in [2.75, 3.05) is 13.7 Å². The first kappa shape index (κ1) is 17.5. The Hall–Kier alpha value is -1.86. The van der Waals surface area contributed by atoms with Crippen LogP contribution >= 0.6 is 11.6 Å². The lowest BCUT2D eigenvalue weighted by Gasteiger charge is -2.24. The highest BCUT2D eigenvalue weighted by Crippen LogP contribution is 2.32. The van der Waals surface area contributed by atoms with Crippen LogP contribution in [0.3, 0.4) is 0 Å². The van der Waals surface area contributed by atoms with Crippen LogP contribution in [0.25, 0.3) is 0 Å². The molecule has 1 amide bonds. The van der Waals surface area contributed by atoms with E-state index in [1.807, 2.05) is 6.92 Å². The van der Waals surface area contributed by atoms with Gasteiger partial charge in [0.15, 0.2) is 0 Å². The van der Waals surface area contributed by atoms with Gasteiger partial charge in [-0.1, -0.05) is 18.5 Å². The summed E-state index contributed by atoms with van der Waals surface area (Å²) < 4.78 is 5.14. The summed E-state index contributed by atoms with van der Waals surface area (Å²) in [5.41, 5.74) is -0.204. The molecule has 0 saturated carbocycles. The number of nitrogens with zero attached hydrogens (tertiary/aromatic N) is 1. The third-order valence-electron chi connectivity index (χ3n) is 4.05. The van der Waals surface area contributed by atoms with Gasteiger partial charge in [0, 0.05) is 24.2 Å². The molecule has 1 aliphatic heterocycles. The van der Waals surface area contributed by atoms with Crippen molar-refractivity contribution in [3.8, 4) is 5.75 Å². The number of nitro benzene ring substituents is 1. The Morgan fingerprint density at radius 2 is 2.35 bits per heavy atom. The first-order chi connectivity index (χ1) is 11.0. The van der Waals surface area contributed by atoms with Gasteiger partial charge in [0.1, 0.15) is 10.8 Å². The van der Waals surface area contributed by atoms with Crippen LogP contribution in [0.4, 0.5) is 5.69 Å². The monoisotopic (exact) mass is 341 g/mol. The van der Waals surface area contributed by atoms with Gasteiger partial charge in [-0.15, -0.1) is 0 Å². The fourth-order valence-corrected chi connectivity index (χ4v) is 3.04. The molecule has 1 heterocycles. The van der Waals surface area contributed by atoms with Crippen molar-refractivity contribution in [1.82, 2.24) is 10.6 Å². The minimum Gasteiger partial charge on any atom is -0.496 e. The Morgan fingerprint density at radius 3 is 2.87 bits per heavy atom. The first-order valence-corrected chi connectivity index (χ1v) is 7.91. The van der Waals surface area contributed by atoms with Crippen LogP contribution in [-0.4, -0.2) is 36.6 Å². The molecule has 0 bridgehead atoms. The van der Waals surface area contributed by atoms with E-state index in [0.29, 0.717) is 0 Å². The molecule has 1 saturated heterocycles. The molecule has 126 valence electrons. The summed E-state index contributed by atoms with van der Waals surface area (Å²) in [6.07, 6.45) is 2.84. The van der Waals surface area contributed by atoms with Gasteiger partial charge >= 0.3 is 0 Å². The molecule has 0 aliphatic carbocycles. The summed E-state index contributed by atoms with van der Waals surface area (Å²) in [5, 5.41) is 17.3. The standard InChI is InChI=1S/C15H20ClN3O4/c1-3-11(12-5-4-6-17-12)18-15(20)9-7-13(19(21)22)10(16)8-14(9)23-2/h7-8,11-12,17H,3-6H2,1-2H3,(H,18,20). The second-order valence-corrected chi connectivity index (χ2v) is 5.86.